The highest BCUT2D eigenvalue weighted by Gasteiger charge is 2.22. The lowest BCUT2D eigenvalue weighted by Gasteiger charge is -2.36. The molecular formula is C25H23FN4O2S2. The minimum atomic E-state index is -0.255. The van der Waals surface area contributed by atoms with Crippen molar-refractivity contribution in [2.24, 2.45) is 7.05 Å². The molecule has 4 aromatic rings. The van der Waals surface area contributed by atoms with Gasteiger partial charge in [0.25, 0.3) is 5.56 Å². The predicted octanol–water partition coefficient (Wildman–Crippen LogP) is 4.24. The molecule has 1 aliphatic heterocycles. The average molecular weight is 495 g/mol. The lowest BCUT2D eigenvalue weighted by molar-refractivity contribution is -0.128. The van der Waals surface area contributed by atoms with E-state index in [1.54, 1.807) is 19.2 Å². The van der Waals surface area contributed by atoms with E-state index < -0.39 is 0 Å². The van der Waals surface area contributed by atoms with Crippen LogP contribution in [0.25, 0.3) is 20.7 Å². The van der Waals surface area contributed by atoms with Gasteiger partial charge in [0, 0.05) is 43.8 Å². The summed E-state index contributed by atoms with van der Waals surface area (Å²) >= 11 is 2.73. The second-order valence-electron chi connectivity index (χ2n) is 8.08. The first-order valence-corrected chi connectivity index (χ1v) is 12.8. The third kappa shape index (κ3) is 4.58. The fourth-order valence-electron chi connectivity index (χ4n) is 3.99. The summed E-state index contributed by atoms with van der Waals surface area (Å²) in [6.07, 6.45) is 0. The zero-order chi connectivity index (χ0) is 23.7. The number of benzene rings is 2. The van der Waals surface area contributed by atoms with Crippen molar-refractivity contribution < 1.29 is 9.18 Å². The number of hydrogen-bond donors (Lipinski definition) is 0. The van der Waals surface area contributed by atoms with Crippen LogP contribution >= 0.6 is 23.1 Å². The number of carbonyl (C=O) groups excluding carboxylic acids is 1. The molecule has 0 spiro atoms. The van der Waals surface area contributed by atoms with Gasteiger partial charge in [-0.3, -0.25) is 14.2 Å². The van der Waals surface area contributed by atoms with Crippen LogP contribution in [0.5, 0.6) is 0 Å². The van der Waals surface area contributed by atoms with E-state index in [0.717, 1.165) is 16.1 Å². The molecule has 9 heteroatoms. The van der Waals surface area contributed by atoms with Gasteiger partial charge in [-0.25, -0.2) is 9.37 Å². The summed E-state index contributed by atoms with van der Waals surface area (Å²) < 4.78 is 15.3. The molecule has 0 radical (unpaired) electrons. The Labute approximate surface area is 204 Å². The second-order valence-corrected chi connectivity index (χ2v) is 10.1. The number of hydrogen-bond acceptors (Lipinski definition) is 6. The van der Waals surface area contributed by atoms with Gasteiger partial charge in [-0.15, -0.1) is 11.3 Å². The molecule has 3 heterocycles. The summed E-state index contributed by atoms with van der Waals surface area (Å²) in [5, 5.41) is 0.535. The zero-order valence-corrected chi connectivity index (χ0v) is 20.2. The van der Waals surface area contributed by atoms with Gasteiger partial charge in [-0.05, 0) is 35.9 Å². The molecule has 1 fully saturated rings. The highest BCUT2D eigenvalue weighted by atomic mass is 32.2. The van der Waals surface area contributed by atoms with E-state index in [4.69, 9.17) is 0 Å². The maximum Gasteiger partial charge on any atom is 0.271 e. The van der Waals surface area contributed by atoms with Crippen molar-refractivity contribution in [3.05, 3.63) is 76.8 Å². The Morgan fingerprint density at radius 3 is 2.47 bits per heavy atom. The van der Waals surface area contributed by atoms with Gasteiger partial charge in [0.15, 0.2) is 5.16 Å². The molecule has 0 N–H and O–H groups in total. The largest absolute Gasteiger partial charge is 0.368 e. The molecule has 0 atom stereocenters. The lowest BCUT2D eigenvalue weighted by atomic mass is 10.2. The number of amides is 1. The van der Waals surface area contributed by atoms with Gasteiger partial charge in [-0.2, -0.15) is 0 Å². The van der Waals surface area contributed by atoms with Crippen LogP contribution < -0.4 is 10.5 Å². The van der Waals surface area contributed by atoms with Crippen molar-refractivity contribution in [1.82, 2.24) is 14.5 Å². The molecule has 1 aliphatic rings. The number of nitrogens with zero attached hydrogens (tertiary/aromatic N) is 4. The number of thioether (sulfide) groups is 1. The van der Waals surface area contributed by atoms with Crippen molar-refractivity contribution in [1.29, 1.82) is 0 Å². The molecule has 2 aromatic heterocycles. The van der Waals surface area contributed by atoms with E-state index in [2.05, 4.69) is 9.88 Å². The first kappa shape index (κ1) is 22.6. The van der Waals surface area contributed by atoms with Gasteiger partial charge in [0.2, 0.25) is 5.91 Å². The number of thiophene rings is 1. The Bertz CT molecular complexity index is 1380. The summed E-state index contributed by atoms with van der Waals surface area (Å²) in [5.41, 5.74) is 2.58. The van der Waals surface area contributed by atoms with Gasteiger partial charge >= 0.3 is 0 Å². The predicted molar refractivity (Wildman–Crippen MR) is 136 cm³/mol. The van der Waals surface area contributed by atoms with Crippen LogP contribution in [0.4, 0.5) is 10.1 Å². The summed E-state index contributed by atoms with van der Waals surface area (Å²) in [6, 6.07) is 18.3. The molecule has 0 saturated carbocycles. The Morgan fingerprint density at radius 1 is 1.06 bits per heavy atom. The lowest BCUT2D eigenvalue weighted by Crippen LogP contribution is -2.49. The van der Waals surface area contributed by atoms with Crippen LogP contribution in [-0.4, -0.2) is 52.3 Å². The zero-order valence-electron chi connectivity index (χ0n) is 18.6. The van der Waals surface area contributed by atoms with Gasteiger partial charge in [0.05, 0.1) is 11.3 Å². The van der Waals surface area contributed by atoms with Gasteiger partial charge in [-0.1, -0.05) is 42.1 Å². The maximum absolute atomic E-state index is 13.2. The summed E-state index contributed by atoms with van der Waals surface area (Å²) in [6.45, 7) is 2.60. The number of rotatable bonds is 5. The van der Waals surface area contributed by atoms with Crippen LogP contribution in [0.1, 0.15) is 0 Å². The first-order valence-electron chi connectivity index (χ1n) is 11.0. The minimum absolute atomic E-state index is 0.0217. The summed E-state index contributed by atoms with van der Waals surface area (Å²) in [5.74, 6) is -0.0132. The van der Waals surface area contributed by atoms with Gasteiger partial charge in [0.1, 0.15) is 10.5 Å². The number of carbonyl (C=O) groups is 1. The fraction of sp³-hybridized carbons (Fsp3) is 0.240. The van der Waals surface area contributed by atoms with Crippen LogP contribution in [-0.2, 0) is 11.8 Å². The third-order valence-electron chi connectivity index (χ3n) is 5.92. The molecule has 34 heavy (non-hydrogen) atoms. The first-order chi connectivity index (χ1) is 16.5. The highest BCUT2D eigenvalue weighted by molar-refractivity contribution is 7.99. The standard InChI is InChI=1S/C25H23FN4O2S2/c1-28-24(32)23-20(15-21(34-23)17-5-3-2-4-6-17)27-25(28)33-16-22(31)30-13-11-29(12-14-30)19-9-7-18(26)8-10-19/h2-10,15H,11-14,16H2,1H3. The van der Waals surface area contributed by atoms with Crippen LogP contribution in [0.2, 0.25) is 0 Å². The van der Waals surface area contributed by atoms with Crippen molar-refractivity contribution >= 4 is 44.9 Å². The van der Waals surface area contributed by atoms with Crippen molar-refractivity contribution in [3.8, 4) is 10.4 Å². The molecule has 1 amide bonds. The second kappa shape index (κ2) is 9.60. The molecule has 6 nitrogen and oxygen atoms in total. The normalized spacial score (nSPS) is 14.1. The number of anilines is 1. The van der Waals surface area contributed by atoms with E-state index in [1.165, 1.54) is 39.8 Å². The minimum Gasteiger partial charge on any atom is -0.368 e. The van der Waals surface area contributed by atoms with E-state index in [9.17, 15) is 14.0 Å². The van der Waals surface area contributed by atoms with Crippen LogP contribution in [0, 0.1) is 5.82 Å². The maximum atomic E-state index is 13.2. The third-order valence-corrected chi connectivity index (χ3v) is 8.10. The molecule has 0 bridgehead atoms. The number of fused-ring (bicyclic) bond motifs is 1. The van der Waals surface area contributed by atoms with E-state index in [0.29, 0.717) is 41.6 Å². The average Bonchev–Trinajstić information content (AvgIpc) is 3.31. The van der Waals surface area contributed by atoms with Crippen molar-refractivity contribution in [3.63, 3.8) is 0 Å². The SMILES string of the molecule is Cn1c(SCC(=O)N2CCN(c3ccc(F)cc3)CC2)nc2cc(-c3ccccc3)sc2c1=O. The Hall–Kier alpha value is -3.17. The molecule has 1 saturated heterocycles. The van der Waals surface area contributed by atoms with Crippen molar-refractivity contribution in [2.75, 3.05) is 36.8 Å². The number of halogens is 1. The Morgan fingerprint density at radius 2 is 1.76 bits per heavy atom. The van der Waals surface area contributed by atoms with Crippen molar-refractivity contribution in [2.45, 2.75) is 5.16 Å². The summed E-state index contributed by atoms with van der Waals surface area (Å²) in [4.78, 5) is 35.4. The number of piperazine rings is 1. The summed E-state index contributed by atoms with van der Waals surface area (Å²) in [7, 11) is 1.70. The van der Waals surface area contributed by atoms with E-state index >= 15 is 0 Å². The molecule has 174 valence electrons. The van der Waals surface area contributed by atoms with E-state index in [1.807, 2.05) is 41.3 Å². The van der Waals surface area contributed by atoms with Crippen LogP contribution in [0.3, 0.4) is 0 Å². The van der Waals surface area contributed by atoms with Gasteiger partial charge < -0.3 is 9.80 Å². The molecule has 0 aliphatic carbocycles. The van der Waals surface area contributed by atoms with Crippen LogP contribution in [0.15, 0.2) is 70.6 Å². The highest BCUT2D eigenvalue weighted by Crippen LogP contribution is 2.31. The Kier molecular flexibility index (Phi) is 6.38. The monoisotopic (exact) mass is 494 g/mol. The quantitative estimate of drug-likeness (QED) is 0.307. The van der Waals surface area contributed by atoms with E-state index in [-0.39, 0.29) is 23.0 Å². The Balaban J connectivity index is 1.25. The molecule has 5 rings (SSSR count). The fourth-order valence-corrected chi connectivity index (χ4v) is 5.94. The molecule has 2 aromatic carbocycles. The number of aromatic nitrogens is 2. The topological polar surface area (TPSA) is 58.4 Å². The molecule has 0 unspecified atom stereocenters. The smallest absolute Gasteiger partial charge is 0.271 e. The molecular weight excluding hydrogens is 471 g/mol.